The Balaban J connectivity index is 1.68. The molecule has 192 valence electrons. The topological polar surface area (TPSA) is 95.9 Å². The molecule has 0 radical (unpaired) electrons. The van der Waals surface area contributed by atoms with Crippen LogP contribution in [0.5, 0.6) is 5.75 Å². The number of nitrogens with one attached hydrogen (secondary N) is 1. The maximum atomic E-state index is 13.9. The van der Waals surface area contributed by atoms with Crippen molar-refractivity contribution in [1.29, 1.82) is 0 Å². The summed E-state index contributed by atoms with van der Waals surface area (Å²) in [5.41, 5.74) is -1.41. The summed E-state index contributed by atoms with van der Waals surface area (Å²) in [6, 6.07) is 10.9. The van der Waals surface area contributed by atoms with Crippen molar-refractivity contribution in [2.75, 3.05) is 7.11 Å². The number of fused-ring (bicyclic) bond motifs is 2. The summed E-state index contributed by atoms with van der Waals surface area (Å²) < 4.78 is 5.57. The van der Waals surface area contributed by atoms with Crippen LogP contribution in [0.1, 0.15) is 70.9 Å². The Morgan fingerprint density at radius 2 is 1.72 bits per heavy atom. The lowest BCUT2D eigenvalue weighted by Crippen LogP contribution is -2.58. The number of carbonyl (C=O) groups excluding carboxylic acids is 2. The van der Waals surface area contributed by atoms with E-state index in [0.717, 1.165) is 48.4 Å². The molecule has 4 unspecified atom stereocenters. The van der Waals surface area contributed by atoms with Gasteiger partial charge in [0.1, 0.15) is 11.3 Å². The number of amides is 2. The Morgan fingerprint density at radius 3 is 2.33 bits per heavy atom. The van der Waals surface area contributed by atoms with E-state index >= 15 is 0 Å². The van der Waals surface area contributed by atoms with Crippen molar-refractivity contribution in [2.24, 2.45) is 17.8 Å². The van der Waals surface area contributed by atoms with Gasteiger partial charge in [-0.2, -0.15) is 0 Å². The molecule has 2 N–H and O–H groups in total. The molecular formula is C29H36N2O5. The highest BCUT2D eigenvalue weighted by molar-refractivity contribution is 6.10. The normalized spacial score (nSPS) is 29.1. The summed E-state index contributed by atoms with van der Waals surface area (Å²) in [6.45, 7) is 5.50. The number of likely N-dealkylation sites (tertiary alicyclic amines) is 1. The van der Waals surface area contributed by atoms with Crippen LogP contribution in [-0.4, -0.2) is 46.0 Å². The molecule has 3 fully saturated rings. The predicted octanol–water partition coefficient (Wildman–Crippen LogP) is 4.69. The third-order valence-electron chi connectivity index (χ3n) is 8.51. The van der Waals surface area contributed by atoms with Crippen molar-refractivity contribution in [2.45, 2.75) is 76.4 Å². The Labute approximate surface area is 212 Å². The molecule has 3 aliphatic rings. The standard InChI is InChI=1S/C29H36N2O5/c1-28(2,3)31-25(32)22-23(26(31)33)29(27(34)35,16-17-10-6-5-7-11-17)30-24(22)20-14-15-21(36-4)19-13-9-8-12-18(19)20/h8-9,12-15,17,22-24,30H,5-7,10-11,16H2,1-4H3,(H,34,35). The van der Waals surface area contributed by atoms with Crippen molar-refractivity contribution in [1.82, 2.24) is 10.2 Å². The van der Waals surface area contributed by atoms with Gasteiger partial charge in [0, 0.05) is 17.0 Å². The fraction of sp³-hybridized carbons (Fsp3) is 0.552. The third-order valence-corrected chi connectivity index (χ3v) is 8.51. The van der Waals surface area contributed by atoms with Crippen LogP contribution in [0.4, 0.5) is 0 Å². The monoisotopic (exact) mass is 492 g/mol. The van der Waals surface area contributed by atoms with Crippen LogP contribution >= 0.6 is 0 Å². The lowest BCUT2D eigenvalue weighted by molar-refractivity contribution is -0.154. The molecule has 2 saturated heterocycles. The van der Waals surface area contributed by atoms with E-state index < -0.39 is 34.9 Å². The number of ether oxygens (including phenoxy) is 1. The van der Waals surface area contributed by atoms with E-state index in [1.807, 2.05) is 57.2 Å². The van der Waals surface area contributed by atoms with Gasteiger partial charge in [0.25, 0.3) is 0 Å². The number of nitrogens with zero attached hydrogens (tertiary/aromatic N) is 1. The van der Waals surface area contributed by atoms with Gasteiger partial charge in [0.05, 0.1) is 18.9 Å². The largest absolute Gasteiger partial charge is 0.496 e. The molecule has 7 heteroatoms. The second kappa shape index (κ2) is 8.87. The van der Waals surface area contributed by atoms with E-state index in [4.69, 9.17) is 4.74 Å². The van der Waals surface area contributed by atoms with Gasteiger partial charge >= 0.3 is 5.97 Å². The molecule has 0 spiro atoms. The average Bonchev–Trinajstić information content (AvgIpc) is 3.32. The number of hydrogen-bond acceptors (Lipinski definition) is 5. The summed E-state index contributed by atoms with van der Waals surface area (Å²) in [6.07, 6.45) is 5.56. The number of carboxylic acid groups (broad SMARTS) is 1. The molecule has 1 aliphatic carbocycles. The minimum Gasteiger partial charge on any atom is -0.496 e. The molecule has 7 nitrogen and oxygen atoms in total. The summed E-state index contributed by atoms with van der Waals surface area (Å²) in [5.74, 6) is -2.52. The Kier molecular flexibility index (Phi) is 6.10. The van der Waals surface area contributed by atoms with E-state index in [2.05, 4.69) is 5.32 Å². The predicted molar refractivity (Wildman–Crippen MR) is 137 cm³/mol. The van der Waals surface area contributed by atoms with Crippen molar-refractivity contribution in [3.8, 4) is 5.75 Å². The first-order valence-electron chi connectivity index (χ1n) is 13.0. The smallest absolute Gasteiger partial charge is 0.324 e. The van der Waals surface area contributed by atoms with Crippen LogP contribution in [0.15, 0.2) is 36.4 Å². The maximum Gasteiger partial charge on any atom is 0.324 e. The zero-order chi connectivity index (χ0) is 25.8. The van der Waals surface area contributed by atoms with E-state index in [1.54, 1.807) is 7.11 Å². The summed E-state index contributed by atoms with van der Waals surface area (Å²) >= 11 is 0. The van der Waals surface area contributed by atoms with Crippen molar-refractivity contribution in [3.05, 3.63) is 42.0 Å². The average molecular weight is 493 g/mol. The molecule has 0 aromatic heterocycles. The van der Waals surface area contributed by atoms with E-state index in [1.165, 1.54) is 4.90 Å². The van der Waals surface area contributed by atoms with Gasteiger partial charge in [-0.25, -0.2) is 0 Å². The van der Waals surface area contributed by atoms with Crippen LogP contribution in [0, 0.1) is 17.8 Å². The van der Waals surface area contributed by atoms with Crippen molar-refractivity contribution >= 4 is 28.6 Å². The summed E-state index contributed by atoms with van der Waals surface area (Å²) in [4.78, 5) is 42.3. The lowest BCUT2D eigenvalue weighted by atomic mass is 9.72. The number of rotatable bonds is 5. The highest BCUT2D eigenvalue weighted by Crippen LogP contribution is 2.54. The molecule has 2 aliphatic heterocycles. The first kappa shape index (κ1) is 24.8. The molecule has 2 aromatic rings. The zero-order valence-electron chi connectivity index (χ0n) is 21.5. The van der Waals surface area contributed by atoms with Crippen LogP contribution in [-0.2, 0) is 14.4 Å². The number of methoxy groups -OCH3 is 1. The zero-order valence-corrected chi connectivity index (χ0v) is 21.5. The van der Waals surface area contributed by atoms with Crippen LogP contribution in [0.25, 0.3) is 10.8 Å². The first-order chi connectivity index (χ1) is 17.1. The van der Waals surface area contributed by atoms with Gasteiger partial charge in [-0.1, -0.05) is 62.4 Å². The highest BCUT2D eigenvalue weighted by atomic mass is 16.5. The number of aliphatic carboxylic acids is 1. The highest BCUT2D eigenvalue weighted by Gasteiger charge is 2.69. The van der Waals surface area contributed by atoms with Gasteiger partial charge in [0.2, 0.25) is 11.8 Å². The van der Waals surface area contributed by atoms with Crippen LogP contribution in [0.3, 0.4) is 0 Å². The quantitative estimate of drug-likeness (QED) is 0.588. The minimum atomic E-state index is -1.49. The maximum absolute atomic E-state index is 13.9. The Morgan fingerprint density at radius 1 is 1.06 bits per heavy atom. The minimum absolute atomic E-state index is 0.209. The molecule has 36 heavy (non-hydrogen) atoms. The number of hydrogen-bond donors (Lipinski definition) is 2. The number of carbonyl (C=O) groups is 3. The molecule has 1 saturated carbocycles. The molecule has 2 amide bonds. The van der Waals surface area contributed by atoms with E-state index in [0.29, 0.717) is 12.2 Å². The van der Waals surface area contributed by atoms with E-state index in [9.17, 15) is 19.5 Å². The molecule has 2 heterocycles. The van der Waals surface area contributed by atoms with Gasteiger partial charge in [0.15, 0.2) is 0 Å². The second-order valence-electron chi connectivity index (χ2n) is 11.7. The molecular weight excluding hydrogens is 456 g/mol. The van der Waals surface area contributed by atoms with Gasteiger partial charge in [-0.3, -0.25) is 24.6 Å². The lowest BCUT2D eigenvalue weighted by Gasteiger charge is -2.37. The summed E-state index contributed by atoms with van der Waals surface area (Å²) in [7, 11) is 1.62. The van der Waals surface area contributed by atoms with Crippen LogP contribution < -0.4 is 10.1 Å². The van der Waals surface area contributed by atoms with Crippen LogP contribution in [0.2, 0.25) is 0 Å². The van der Waals surface area contributed by atoms with Gasteiger partial charge < -0.3 is 9.84 Å². The third kappa shape index (κ3) is 3.71. The van der Waals surface area contributed by atoms with Crippen molar-refractivity contribution in [3.63, 3.8) is 0 Å². The van der Waals surface area contributed by atoms with E-state index in [-0.39, 0.29) is 17.7 Å². The summed E-state index contributed by atoms with van der Waals surface area (Å²) in [5, 5.41) is 15.9. The Bertz CT molecular complexity index is 1210. The molecule has 4 atom stereocenters. The SMILES string of the molecule is COc1ccc(C2NC(CC3CCCCC3)(C(=O)O)C3C(=O)N(C(C)(C)C)C(=O)C23)c2ccccc12. The fourth-order valence-corrected chi connectivity index (χ4v) is 6.99. The van der Waals surface area contributed by atoms with Gasteiger partial charge in [-0.05, 0) is 50.1 Å². The number of imide groups is 1. The second-order valence-corrected chi connectivity index (χ2v) is 11.7. The van der Waals surface area contributed by atoms with Gasteiger partial charge in [-0.15, -0.1) is 0 Å². The molecule has 5 rings (SSSR count). The number of carboxylic acids is 1. The first-order valence-corrected chi connectivity index (χ1v) is 13.0. The fourth-order valence-electron chi connectivity index (χ4n) is 6.99. The van der Waals surface area contributed by atoms with Crippen molar-refractivity contribution < 1.29 is 24.2 Å². The molecule has 2 aromatic carbocycles. The molecule has 0 bridgehead atoms. The number of benzene rings is 2. The Hall–Kier alpha value is -2.93.